The number of hydrogen-bond acceptors (Lipinski definition) is 4. The lowest BCUT2D eigenvalue weighted by Gasteiger charge is -2.08. The summed E-state index contributed by atoms with van der Waals surface area (Å²) in [7, 11) is 0. The van der Waals surface area contributed by atoms with Crippen molar-refractivity contribution in [2.75, 3.05) is 0 Å². The SMILES string of the molecule is Cc1cc(C(=O)Cn2cnc3ccsc3c2=O)c(C)n1C1CC1. The summed E-state index contributed by atoms with van der Waals surface area (Å²) >= 11 is 1.36. The topological polar surface area (TPSA) is 56.9 Å². The van der Waals surface area contributed by atoms with Crippen molar-refractivity contribution in [2.24, 2.45) is 0 Å². The minimum Gasteiger partial charge on any atom is -0.345 e. The zero-order valence-electron chi connectivity index (χ0n) is 13.1. The van der Waals surface area contributed by atoms with Crippen LogP contribution >= 0.6 is 11.3 Å². The fraction of sp³-hybridized carbons (Fsp3) is 0.353. The number of hydrogen-bond donors (Lipinski definition) is 0. The second kappa shape index (κ2) is 5.16. The Hall–Kier alpha value is -2.21. The maximum absolute atomic E-state index is 12.7. The van der Waals surface area contributed by atoms with E-state index in [0.29, 0.717) is 21.8 Å². The largest absolute Gasteiger partial charge is 0.345 e. The predicted molar refractivity (Wildman–Crippen MR) is 90.4 cm³/mol. The molecule has 1 saturated carbocycles. The minimum absolute atomic E-state index is 0.0363. The van der Waals surface area contributed by atoms with Crippen LogP contribution in [0.5, 0.6) is 0 Å². The summed E-state index contributed by atoms with van der Waals surface area (Å²) in [6.07, 6.45) is 3.83. The number of aryl methyl sites for hydroxylation is 1. The molecule has 4 rings (SSSR count). The molecule has 0 bridgehead atoms. The first-order valence-electron chi connectivity index (χ1n) is 7.70. The fourth-order valence-corrected chi connectivity index (χ4v) is 3.98. The molecule has 0 aromatic carbocycles. The highest BCUT2D eigenvalue weighted by atomic mass is 32.1. The zero-order valence-corrected chi connectivity index (χ0v) is 13.9. The summed E-state index contributed by atoms with van der Waals surface area (Å²) in [6.45, 7) is 4.06. The fourth-order valence-electron chi connectivity index (χ4n) is 3.19. The molecule has 0 unspecified atom stereocenters. The third kappa shape index (κ3) is 2.34. The molecule has 3 aromatic rings. The highest BCUT2D eigenvalue weighted by Crippen LogP contribution is 2.38. The number of carbonyl (C=O) groups excluding carboxylic acids is 1. The van der Waals surface area contributed by atoms with Crippen molar-refractivity contribution >= 4 is 27.3 Å². The summed E-state index contributed by atoms with van der Waals surface area (Å²) in [5.74, 6) is -0.0372. The van der Waals surface area contributed by atoms with Gasteiger partial charge in [0.1, 0.15) is 4.70 Å². The number of Topliss-reactive ketones (excluding diaryl/α,β-unsaturated/α-hetero) is 1. The zero-order chi connectivity index (χ0) is 16.1. The quantitative estimate of drug-likeness (QED) is 0.692. The molecule has 0 radical (unpaired) electrons. The van der Waals surface area contributed by atoms with Crippen LogP contribution in [-0.2, 0) is 6.54 Å². The van der Waals surface area contributed by atoms with Gasteiger partial charge >= 0.3 is 0 Å². The van der Waals surface area contributed by atoms with Gasteiger partial charge < -0.3 is 4.57 Å². The lowest BCUT2D eigenvalue weighted by molar-refractivity contribution is 0.0970. The van der Waals surface area contributed by atoms with Gasteiger partial charge in [0.2, 0.25) is 0 Å². The first-order chi connectivity index (χ1) is 11.1. The van der Waals surface area contributed by atoms with Crippen LogP contribution < -0.4 is 5.56 Å². The summed E-state index contributed by atoms with van der Waals surface area (Å²) < 4.78 is 4.25. The third-order valence-corrected chi connectivity index (χ3v) is 5.34. The number of thiophene rings is 1. The van der Waals surface area contributed by atoms with Gasteiger partial charge in [0, 0.05) is 23.0 Å². The van der Waals surface area contributed by atoms with E-state index < -0.39 is 0 Å². The average Bonchev–Trinajstić information content (AvgIpc) is 3.14. The Kier molecular flexibility index (Phi) is 3.23. The number of aromatic nitrogens is 3. The van der Waals surface area contributed by atoms with Crippen LogP contribution in [0.1, 0.15) is 40.6 Å². The van der Waals surface area contributed by atoms with Crippen molar-refractivity contribution in [3.63, 3.8) is 0 Å². The van der Waals surface area contributed by atoms with Crippen LogP contribution in [0.25, 0.3) is 10.2 Å². The van der Waals surface area contributed by atoms with E-state index in [2.05, 4.69) is 9.55 Å². The van der Waals surface area contributed by atoms with E-state index in [9.17, 15) is 9.59 Å². The molecule has 3 aromatic heterocycles. The van der Waals surface area contributed by atoms with E-state index in [1.54, 1.807) is 0 Å². The molecule has 1 aliphatic carbocycles. The molecule has 5 nitrogen and oxygen atoms in total. The van der Waals surface area contributed by atoms with Gasteiger partial charge in [0.25, 0.3) is 5.56 Å². The Bertz CT molecular complexity index is 976. The molecule has 1 aliphatic rings. The molecule has 23 heavy (non-hydrogen) atoms. The van der Waals surface area contributed by atoms with Crippen LogP contribution in [0.2, 0.25) is 0 Å². The van der Waals surface area contributed by atoms with Crippen LogP contribution in [0.15, 0.2) is 28.6 Å². The Balaban J connectivity index is 1.68. The van der Waals surface area contributed by atoms with E-state index in [1.165, 1.54) is 35.1 Å². The summed E-state index contributed by atoms with van der Waals surface area (Å²) in [5, 5.41) is 1.84. The number of nitrogens with zero attached hydrogens (tertiary/aromatic N) is 3. The van der Waals surface area contributed by atoms with E-state index >= 15 is 0 Å². The third-order valence-electron chi connectivity index (χ3n) is 4.45. The average molecular weight is 327 g/mol. The highest BCUT2D eigenvalue weighted by Gasteiger charge is 2.28. The smallest absolute Gasteiger partial charge is 0.271 e. The molecule has 0 saturated heterocycles. The molecule has 0 N–H and O–H groups in total. The van der Waals surface area contributed by atoms with Gasteiger partial charge in [0.15, 0.2) is 5.78 Å². The Morgan fingerprint density at radius 1 is 1.39 bits per heavy atom. The monoisotopic (exact) mass is 327 g/mol. The van der Waals surface area contributed by atoms with Gasteiger partial charge in [-0.05, 0) is 44.2 Å². The highest BCUT2D eigenvalue weighted by molar-refractivity contribution is 7.17. The number of rotatable bonds is 4. The molecular formula is C17H17N3O2S. The second-order valence-corrected chi connectivity index (χ2v) is 7.04. The van der Waals surface area contributed by atoms with E-state index in [-0.39, 0.29) is 17.9 Å². The molecule has 1 fully saturated rings. The lowest BCUT2D eigenvalue weighted by atomic mass is 10.1. The van der Waals surface area contributed by atoms with Crippen molar-refractivity contribution in [2.45, 2.75) is 39.3 Å². The first kappa shape index (κ1) is 14.4. The Morgan fingerprint density at radius 3 is 2.91 bits per heavy atom. The van der Waals surface area contributed by atoms with E-state index in [4.69, 9.17) is 0 Å². The van der Waals surface area contributed by atoms with Crippen LogP contribution in [0.4, 0.5) is 0 Å². The molecular weight excluding hydrogens is 310 g/mol. The summed E-state index contributed by atoms with van der Waals surface area (Å²) in [4.78, 5) is 29.3. The van der Waals surface area contributed by atoms with Gasteiger partial charge in [-0.15, -0.1) is 11.3 Å². The maximum Gasteiger partial charge on any atom is 0.271 e. The lowest BCUT2D eigenvalue weighted by Crippen LogP contribution is -2.24. The van der Waals surface area contributed by atoms with Crippen LogP contribution in [0, 0.1) is 13.8 Å². The van der Waals surface area contributed by atoms with Gasteiger partial charge in [-0.3, -0.25) is 14.2 Å². The standard InChI is InChI=1S/C17H17N3O2S/c1-10-7-13(11(2)20(10)12-3-4-12)15(21)8-19-9-18-14-5-6-23-16(14)17(19)22/h5-7,9,12H,3-4,8H2,1-2H3. The van der Waals surface area contributed by atoms with Crippen LogP contribution in [-0.4, -0.2) is 19.9 Å². The maximum atomic E-state index is 12.7. The molecule has 0 aliphatic heterocycles. The summed E-state index contributed by atoms with van der Waals surface area (Å²) in [5.41, 5.74) is 3.39. The normalized spacial score (nSPS) is 14.5. The van der Waals surface area contributed by atoms with Crippen molar-refractivity contribution in [1.29, 1.82) is 0 Å². The minimum atomic E-state index is -0.144. The first-order valence-corrected chi connectivity index (χ1v) is 8.58. The van der Waals surface area contributed by atoms with Crippen molar-refractivity contribution < 1.29 is 4.79 Å². The van der Waals surface area contributed by atoms with Gasteiger partial charge in [0.05, 0.1) is 18.4 Å². The number of fused-ring (bicyclic) bond motifs is 1. The van der Waals surface area contributed by atoms with E-state index in [1.807, 2.05) is 31.4 Å². The Morgan fingerprint density at radius 2 is 2.17 bits per heavy atom. The van der Waals surface area contributed by atoms with Crippen molar-refractivity contribution in [1.82, 2.24) is 14.1 Å². The predicted octanol–water partition coefficient (Wildman–Crippen LogP) is 3.09. The van der Waals surface area contributed by atoms with E-state index in [0.717, 1.165) is 11.4 Å². The molecule has 0 atom stereocenters. The molecule has 118 valence electrons. The second-order valence-electron chi connectivity index (χ2n) is 6.12. The van der Waals surface area contributed by atoms with Gasteiger partial charge in [-0.1, -0.05) is 0 Å². The number of carbonyl (C=O) groups is 1. The molecule has 6 heteroatoms. The molecule has 0 amide bonds. The van der Waals surface area contributed by atoms with Crippen molar-refractivity contribution in [3.05, 3.63) is 51.1 Å². The summed E-state index contributed by atoms with van der Waals surface area (Å²) in [6, 6.07) is 4.30. The molecule has 0 spiro atoms. The van der Waals surface area contributed by atoms with Crippen molar-refractivity contribution in [3.8, 4) is 0 Å². The molecule has 3 heterocycles. The van der Waals surface area contributed by atoms with Crippen LogP contribution in [0.3, 0.4) is 0 Å². The van der Waals surface area contributed by atoms with Gasteiger partial charge in [-0.25, -0.2) is 4.98 Å². The number of ketones is 1. The Labute approximate surface area is 137 Å². The van der Waals surface area contributed by atoms with Gasteiger partial charge in [-0.2, -0.15) is 0 Å².